The average Bonchev–Trinajstić information content (AvgIpc) is 3.81. The zero-order valence-corrected chi connectivity index (χ0v) is 32.1. The summed E-state index contributed by atoms with van der Waals surface area (Å²) in [6.45, 7) is 0. The second-order valence-corrected chi connectivity index (χ2v) is 16.1. The van der Waals surface area contributed by atoms with Crippen LogP contribution in [0, 0.1) is 0 Å². The van der Waals surface area contributed by atoms with Crippen LogP contribution in [-0.2, 0) is 0 Å². The number of fused-ring (bicyclic) bond motifs is 13. The summed E-state index contributed by atoms with van der Waals surface area (Å²) in [6.07, 6.45) is 9.60. The molecule has 14 rings (SSSR count). The predicted octanol–water partition coefficient (Wildman–Crippen LogP) is 14.7. The summed E-state index contributed by atoms with van der Waals surface area (Å²) >= 11 is 0. The molecule has 4 heterocycles. The van der Waals surface area contributed by atoms with Gasteiger partial charge in [0.2, 0.25) is 0 Å². The highest BCUT2D eigenvalue weighted by atomic mass is 14.8. The third-order valence-corrected chi connectivity index (χ3v) is 13.1. The standard InChI is InChI=1S/C56H30N4/c1-2-12-38-37(11-1)49(34-9-5-23-57-29-34)53-42-16-4-15-41-44-27-46-36-21-19-33(48-22-20-32-18-17-31-8-7-25-59-55(31)56(32)60-48)26-43(36)39-13-3-14-40(51(39)46)45(44)28-47(52(41)42)54(53)50(38)35-10-6-24-58-30-35/h1-30H. The maximum Gasteiger partial charge on any atom is 0.0972 e. The molecule has 274 valence electrons. The van der Waals surface area contributed by atoms with Gasteiger partial charge in [0, 0.05) is 58.4 Å². The molecule has 14 aromatic rings. The molecule has 0 aliphatic rings. The van der Waals surface area contributed by atoms with E-state index in [1.165, 1.54) is 97.3 Å². The fourth-order valence-corrected chi connectivity index (χ4v) is 10.7. The molecule has 0 saturated heterocycles. The van der Waals surface area contributed by atoms with Crippen molar-refractivity contribution >= 4 is 108 Å². The van der Waals surface area contributed by atoms with E-state index in [0.717, 1.165) is 44.2 Å². The number of aromatic nitrogens is 4. The normalized spacial score (nSPS) is 12.3. The lowest BCUT2D eigenvalue weighted by molar-refractivity contribution is 1.33. The average molecular weight is 759 g/mol. The zero-order chi connectivity index (χ0) is 39.1. The number of nitrogens with zero attached hydrogens (tertiary/aromatic N) is 4. The molecule has 10 aromatic carbocycles. The summed E-state index contributed by atoms with van der Waals surface area (Å²) in [7, 11) is 0. The van der Waals surface area contributed by atoms with E-state index in [1.807, 2.05) is 49.2 Å². The summed E-state index contributed by atoms with van der Waals surface area (Å²) in [4.78, 5) is 19.2. The van der Waals surface area contributed by atoms with Crippen LogP contribution in [-0.4, -0.2) is 19.9 Å². The van der Waals surface area contributed by atoms with Crippen molar-refractivity contribution in [1.29, 1.82) is 0 Å². The lowest BCUT2D eigenvalue weighted by Gasteiger charge is -2.16. The van der Waals surface area contributed by atoms with Gasteiger partial charge in [-0.15, -0.1) is 0 Å². The van der Waals surface area contributed by atoms with Crippen molar-refractivity contribution in [3.8, 4) is 33.5 Å². The van der Waals surface area contributed by atoms with Gasteiger partial charge in [-0.25, -0.2) is 4.98 Å². The van der Waals surface area contributed by atoms with Crippen LogP contribution in [0.1, 0.15) is 0 Å². The Labute approximate surface area is 342 Å². The van der Waals surface area contributed by atoms with Crippen LogP contribution in [0.3, 0.4) is 0 Å². The van der Waals surface area contributed by atoms with E-state index >= 15 is 0 Å². The van der Waals surface area contributed by atoms with E-state index in [9.17, 15) is 0 Å². The molecule has 0 fully saturated rings. The molecule has 4 aromatic heterocycles. The molecule has 0 N–H and O–H groups in total. The molecule has 4 nitrogen and oxygen atoms in total. The Balaban J connectivity index is 1.10. The third kappa shape index (κ3) is 4.19. The molecule has 0 aliphatic carbocycles. The molecular formula is C56H30N4. The van der Waals surface area contributed by atoms with Crippen LogP contribution in [0.15, 0.2) is 183 Å². The minimum absolute atomic E-state index is 0.931. The van der Waals surface area contributed by atoms with E-state index in [0.29, 0.717) is 0 Å². The summed E-state index contributed by atoms with van der Waals surface area (Å²) < 4.78 is 0. The highest BCUT2D eigenvalue weighted by Gasteiger charge is 2.25. The summed E-state index contributed by atoms with van der Waals surface area (Å²) in [5.41, 5.74) is 8.57. The van der Waals surface area contributed by atoms with Gasteiger partial charge in [-0.3, -0.25) is 15.0 Å². The molecular weight excluding hydrogens is 729 g/mol. The molecule has 0 unspecified atom stereocenters. The van der Waals surface area contributed by atoms with Crippen LogP contribution >= 0.6 is 0 Å². The number of pyridine rings is 4. The summed E-state index contributed by atoms with van der Waals surface area (Å²) in [5.74, 6) is 0. The molecule has 0 saturated carbocycles. The summed E-state index contributed by atoms with van der Waals surface area (Å²) in [5, 5.41) is 22.4. The van der Waals surface area contributed by atoms with Crippen molar-refractivity contribution in [3.63, 3.8) is 0 Å². The van der Waals surface area contributed by atoms with E-state index in [1.54, 1.807) is 0 Å². The Morgan fingerprint density at radius 2 is 0.867 bits per heavy atom. The second-order valence-electron chi connectivity index (χ2n) is 16.1. The maximum absolute atomic E-state index is 5.22. The van der Waals surface area contributed by atoms with Gasteiger partial charge >= 0.3 is 0 Å². The monoisotopic (exact) mass is 758 g/mol. The van der Waals surface area contributed by atoms with Crippen LogP contribution in [0.2, 0.25) is 0 Å². The molecule has 0 bridgehead atoms. The Kier molecular flexibility index (Phi) is 6.26. The fraction of sp³-hybridized carbons (Fsp3) is 0. The first-order valence-electron chi connectivity index (χ1n) is 20.4. The predicted molar refractivity (Wildman–Crippen MR) is 251 cm³/mol. The van der Waals surface area contributed by atoms with Gasteiger partial charge in [0.05, 0.1) is 16.7 Å². The van der Waals surface area contributed by atoms with Crippen molar-refractivity contribution in [3.05, 3.63) is 183 Å². The Morgan fingerprint density at radius 1 is 0.300 bits per heavy atom. The van der Waals surface area contributed by atoms with E-state index < -0.39 is 0 Å². The minimum Gasteiger partial charge on any atom is -0.264 e. The smallest absolute Gasteiger partial charge is 0.0972 e. The van der Waals surface area contributed by atoms with Gasteiger partial charge in [0.1, 0.15) is 0 Å². The topological polar surface area (TPSA) is 51.6 Å². The highest BCUT2D eigenvalue weighted by molar-refractivity contribution is 6.45. The first kappa shape index (κ1) is 31.9. The van der Waals surface area contributed by atoms with Crippen molar-refractivity contribution in [1.82, 2.24) is 19.9 Å². The summed E-state index contributed by atoms with van der Waals surface area (Å²) in [6, 6.07) is 55.6. The van der Waals surface area contributed by atoms with Gasteiger partial charge in [-0.1, -0.05) is 109 Å². The Morgan fingerprint density at radius 3 is 1.55 bits per heavy atom. The molecule has 0 radical (unpaired) electrons. The van der Waals surface area contributed by atoms with E-state index in [-0.39, 0.29) is 0 Å². The molecule has 0 spiro atoms. The molecule has 0 aliphatic heterocycles. The number of rotatable bonds is 3. The van der Waals surface area contributed by atoms with Crippen LogP contribution in [0.4, 0.5) is 0 Å². The van der Waals surface area contributed by atoms with Gasteiger partial charge in [0.15, 0.2) is 0 Å². The lowest BCUT2D eigenvalue weighted by atomic mass is 9.87. The fourth-order valence-electron chi connectivity index (χ4n) is 10.7. The molecule has 0 amide bonds. The first-order valence-corrected chi connectivity index (χ1v) is 20.4. The van der Waals surface area contributed by atoms with Crippen molar-refractivity contribution in [2.24, 2.45) is 0 Å². The van der Waals surface area contributed by atoms with Crippen molar-refractivity contribution in [2.45, 2.75) is 0 Å². The first-order chi connectivity index (χ1) is 29.8. The number of hydrogen-bond acceptors (Lipinski definition) is 4. The third-order valence-electron chi connectivity index (χ3n) is 13.1. The van der Waals surface area contributed by atoms with E-state index in [4.69, 9.17) is 9.97 Å². The Hall–Kier alpha value is -8.08. The zero-order valence-electron chi connectivity index (χ0n) is 32.1. The second kappa shape index (κ2) is 11.8. The van der Waals surface area contributed by atoms with Crippen LogP contribution in [0.25, 0.3) is 141 Å². The van der Waals surface area contributed by atoms with Crippen molar-refractivity contribution in [2.75, 3.05) is 0 Å². The van der Waals surface area contributed by atoms with Crippen molar-refractivity contribution < 1.29 is 0 Å². The molecule has 60 heavy (non-hydrogen) atoms. The number of benzene rings is 8. The highest BCUT2D eigenvalue weighted by Crippen LogP contribution is 2.53. The lowest BCUT2D eigenvalue weighted by Crippen LogP contribution is -1.90. The largest absolute Gasteiger partial charge is 0.264 e. The number of hydrogen-bond donors (Lipinski definition) is 0. The van der Waals surface area contributed by atoms with Gasteiger partial charge < -0.3 is 0 Å². The van der Waals surface area contributed by atoms with Crippen LogP contribution < -0.4 is 0 Å². The SMILES string of the molecule is c1cncc(-c2c3ccccc3c(-c3cccnc3)c3c4cc5c(cc6c7ccc(-c8ccc9ccc%10cccnc%10c9n8)cc7c7cccc5c76)c5cccc(c23)c54)c1. The van der Waals surface area contributed by atoms with Crippen LogP contribution in [0.5, 0.6) is 0 Å². The Bertz CT molecular complexity index is 4100. The van der Waals surface area contributed by atoms with Gasteiger partial charge in [0.25, 0.3) is 0 Å². The quantitative estimate of drug-likeness (QED) is 0.168. The molecule has 0 atom stereocenters. The minimum atomic E-state index is 0.931. The van der Waals surface area contributed by atoms with Gasteiger partial charge in [-0.2, -0.15) is 0 Å². The molecule has 4 heteroatoms. The van der Waals surface area contributed by atoms with E-state index in [2.05, 4.69) is 143 Å². The maximum atomic E-state index is 5.22. The van der Waals surface area contributed by atoms with Gasteiger partial charge in [-0.05, 0) is 140 Å².